The van der Waals surface area contributed by atoms with Crippen LogP contribution in [0, 0.1) is 5.82 Å². The number of nitrogens with one attached hydrogen (secondary N) is 1. The zero-order valence-corrected chi connectivity index (χ0v) is 14.1. The van der Waals surface area contributed by atoms with Crippen LogP contribution in [0.2, 0.25) is 0 Å². The highest BCUT2D eigenvalue weighted by atomic mass is 19.1. The molecule has 1 fully saturated rings. The minimum atomic E-state index is -0.635. The molecule has 1 N–H and O–H groups in total. The van der Waals surface area contributed by atoms with Crippen LogP contribution in [0.15, 0.2) is 48.5 Å². The van der Waals surface area contributed by atoms with Gasteiger partial charge in [0, 0.05) is 13.2 Å². The zero-order valence-electron chi connectivity index (χ0n) is 14.1. The van der Waals surface area contributed by atoms with E-state index in [1.165, 1.54) is 23.3 Å². The van der Waals surface area contributed by atoms with Crippen molar-refractivity contribution in [2.24, 2.45) is 0 Å². The van der Waals surface area contributed by atoms with Crippen LogP contribution < -0.4 is 5.32 Å². The quantitative estimate of drug-likeness (QED) is 0.926. The number of halogens is 1. The molecule has 0 radical (unpaired) electrons. The fraction of sp³-hybridized carbons (Fsp3) is 0.381. The minimum absolute atomic E-state index is 0.0316. The maximum Gasteiger partial charge on any atom is 0.231 e. The number of hydrogen-bond acceptors (Lipinski definition) is 2. The van der Waals surface area contributed by atoms with Crippen LogP contribution in [0.1, 0.15) is 42.0 Å². The van der Waals surface area contributed by atoms with Gasteiger partial charge in [-0.2, -0.15) is 0 Å². The van der Waals surface area contributed by atoms with Crippen LogP contribution in [0.4, 0.5) is 4.39 Å². The van der Waals surface area contributed by atoms with Gasteiger partial charge in [-0.15, -0.1) is 0 Å². The van der Waals surface area contributed by atoms with Crippen LogP contribution >= 0.6 is 0 Å². The second-order valence-corrected chi connectivity index (χ2v) is 6.96. The molecule has 1 saturated heterocycles. The number of amides is 1. The first-order chi connectivity index (χ1) is 12.2. The average molecular weight is 339 g/mol. The second kappa shape index (κ2) is 6.60. The van der Waals surface area contributed by atoms with Crippen molar-refractivity contribution < 1.29 is 13.9 Å². The number of carbonyl (C=O) groups excluding carboxylic acids is 1. The molecule has 1 unspecified atom stereocenters. The number of rotatable bonds is 3. The van der Waals surface area contributed by atoms with Gasteiger partial charge in [-0.3, -0.25) is 4.79 Å². The van der Waals surface area contributed by atoms with E-state index in [2.05, 4.69) is 17.4 Å². The maximum absolute atomic E-state index is 13.3. The van der Waals surface area contributed by atoms with Crippen LogP contribution in [-0.4, -0.2) is 19.1 Å². The first kappa shape index (κ1) is 16.3. The summed E-state index contributed by atoms with van der Waals surface area (Å²) in [5.74, 6) is -0.250. The lowest BCUT2D eigenvalue weighted by atomic mass is 9.73. The minimum Gasteiger partial charge on any atom is -0.381 e. The lowest BCUT2D eigenvalue weighted by Crippen LogP contribution is -2.48. The van der Waals surface area contributed by atoms with E-state index in [1.807, 2.05) is 12.1 Å². The fourth-order valence-corrected chi connectivity index (χ4v) is 4.14. The van der Waals surface area contributed by atoms with Gasteiger partial charge in [-0.1, -0.05) is 36.4 Å². The highest BCUT2D eigenvalue weighted by molar-refractivity contribution is 5.88. The number of hydrogen-bond donors (Lipinski definition) is 1. The van der Waals surface area contributed by atoms with Crippen LogP contribution in [0.3, 0.4) is 0 Å². The Bertz CT molecular complexity index is 766. The molecule has 2 aromatic rings. The Kier molecular flexibility index (Phi) is 4.30. The molecule has 0 aromatic heterocycles. The van der Waals surface area contributed by atoms with Gasteiger partial charge in [0.25, 0.3) is 0 Å². The van der Waals surface area contributed by atoms with E-state index in [0.717, 1.165) is 18.4 Å². The largest absolute Gasteiger partial charge is 0.381 e. The van der Waals surface area contributed by atoms with Gasteiger partial charge in [0.15, 0.2) is 0 Å². The molecule has 4 rings (SSSR count). The van der Waals surface area contributed by atoms with Gasteiger partial charge in [0.1, 0.15) is 5.82 Å². The van der Waals surface area contributed by atoms with Gasteiger partial charge < -0.3 is 10.1 Å². The van der Waals surface area contributed by atoms with Crippen LogP contribution in [0.5, 0.6) is 0 Å². The van der Waals surface area contributed by atoms with Crippen LogP contribution in [-0.2, 0) is 21.4 Å². The summed E-state index contributed by atoms with van der Waals surface area (Å²) in [5, 5.41) is 3.27. The van der Waals surface area contributed by atoms with Crippen molar-refractivity contribution in [3.05, 3.63) is 71.0 Å². The number of fused-ring (bicyclic) bond motifs is 1. The lowest BCUT2D eigenvalue weighted by molar-refractivity contribution is -0.131. The van der Waals surface area contributed by atoms with Crippen molar-refractivity contribution in [1.29, 1.82) is 0 Å². The van der Waals surface area contributed by atoms with Crippen molar-refractivity contribution in [3.8, 4) is 0 Å². The predicted molar refractivity (Wildman–Crippen MR) is 93.8 cm³/mol. The Balaban J connectivity index is 1.62. The van der Waals surface area contributed by atoms with Crippen molar-refractivity contribution in [1.82, 2.24) is 5.32 Å². The summed E-state index contributed by atoms with van der Waals surface area (Å²) < 4.78 is 18.8. The van der Waals surface area contributed by atoms with Crippen LogP contribution in [0.25, 0.3) is 0 Å². The highest BCUT2D eigenvalue weighted by Gasteiger charge is 2.43. The summed E-state index contributed by atoms with van der Waals surface area (Å²) in [6.45, 7) is 1.10. The molecule has 1 heterocycles. The van der Waals surface area contributed by atoms with Gasteiger partial charge in [-0.25, -0.2) is 4.39 Å². The summed E-state index contributed by atoms with van der Waals surface area (Å²) in [6.07, 6.45) is 3.17. The Morgan fingerprint density at radius 2 is 1.80 bits per heavy atom. The smallest absolute Gasteiger partial charge is 0.231 e. The van der Waals surface area contributed by atoms with E-state index >= 15 is 0 Å². The monoisotopic (exact) mass is 339 g/mol. The molecular formula is C21H22FNO2. The van der Waals surface area contributed by atoms with E-state index in [9.17, 15) is 9.18 Å². The van der Waals surface area contributed by atoms with E-state index in [-0.39, 0.29) is 17.8 Å². The molecule has 1 aliphatic heterocycles. The third-order valence-electron chi connectivity index (χ3n) is 5.62. The molecule has 2 aromatic carbocycles. The Hall–Kier alpha value is -2.20. The summed E-state index contributed by atoms with van der Waals surface area (Å²) in [5.41, 5.74) is 2.78. The third kappa shape index (κ3) is 2.95. The van der Waals surface area contributed by atoms with E-state index in [4.69, 9.17) is 4.74 Å². The molecule has 2 aliphatic rings. The summed E-state index contributed by atoms with van der Waals surface area (Å²) in [6, 6.07) is 14.7. The van der Waals surface area contributed by atoms with E-state index < -0.39 is 5.41 Å². The highest BCUT2D eigenvalue weighted by Crippen LogP contribution is 2.38. The van der Waals surface area contributed by atoms with Crippen molar-refractivity contribution in [3.63, 3.8) is 0 Å². The summed E-state index contributed by atoms with van der Waals surface area (Å²) in [7, 11) is 0. The fourth-order valence-electron chi connectivity index (χ4n) is 4.14. The molecule has 3 nitrogen and oxygen atoms in total. The second-order valence-electron chi connectivity index (χ2n) is 6.96. The molecule has 1 amide bonds. The Morgan fingerprint density at radius 1 is 1.08 bits per heavy atom. The molecule has 1 atom stereocenters. The Labute approximate surface area is 147 Å². The normalized spacial score (nSPS) is 21.6. The molecule has 0 spiro atoms. The Morgan fingerprint density at radius 3 is 2.56 bits per heavy atom. The number of aryl methyl sites for hydroxylation is 1. The predicted octanol–water partition coefficient (Wildman–Crippen LogP) is 3.68. The van der Waals surface area contributed by atoms with Crippen molar-refractivity contribution >= 4 is 5.91 Å². The summed E-state index contributed by atoms with van der Waals surface area (Å²) in [4.78, 5) is 13.3. The summed E-state index contributed by atoms with van der Waals surface area (Å²) >= 11 is 0. The zero-order chi connectivity index (χ0) is 17.3. The maximum atomic E-state index is 13.3. The molecule has 1 aliphatic carbocycles. The van der Waals surface area contributed by atoms with E-state index in [0.29, 0.717) is 26.1 Å². The first-order valence-electron chi connectivity index (χ1n) is 8.92. The SMILES string of the molecule is O=C(NC1CCc2ccccc21)C1(c2ccc(F)cc2)CCOCC1. The number of ether oxygens (including phenoxy) is 1. The van der Waals surface area contributed by atoms with Crippen molar-refractivity contribution in [2.45, 2.75) is 37.1 Å². The average Bonchev–Trinajstić information content (AvgIpc) is 3.06. The molecule has 25 heavy (non-hydrogen) atoms. The molecule has 4 heteroatoms. The topological polar surface area (TPSA) is 38.3 Å². The lowest BCUT2D eigenvalue weighted by Gasteiger charge is -2.37. The standard InChI is InChI=1S/C21H22FNO2/c22-17-8-6-16(7-9-17)21(11-13-25-14-12-21)20(24)23-19-10-5-15-3-1-2-4-18(15)19/h1-4,6-9,19H,5,10-14H2,(H,23,24). The molecular weight excluding hydrogens is 317 g/mol. The van der Waals surface area contributed by atoms with Crippen molar-refractivity contribution in [2.75, 3.05) is 13.2 Å². The molecule has 0 bridgehead atoms. The number of benzene rings is 2. The first-order valence-corrected chi connectivity index (χ1v) is 8.92. The van der Waals surface area contributed by atoms with Gasteiger partial charge in [0.2, 0.25) is 5.91 Å². The molecule has 0 saturated carbocycles. The molecule has 130 valence electrons. The van der Waals surface area contributed by atoms with Gasteiger partial charge in [0.05, 0.1) is 11.5 Å². The number of carbonyl (C=O) groups is 1. The van der Waals surface area contributed by atoms with Gasteiger partial charge in [-0.05, 0) is 54.5 Å². The van der Waals surface area contributed by atoms with Gasteiger partial charge >= 0.3 is 0 Å². The van der Waals surface area contributed by atoms with E-state index in [1.54, 1.807) is 12.1 Å². The third-order valence-corrected chi connectivity index (χ3v) is 5.62.